The third-order valence-corrected chi connectivity index (χ3v) is 5.87. The Morgan fingerprint density at radius 1 is 1.16 bits per heavy atom. The highest BCUT2D eigenvalue weighted by Gasteiger charge is 2.21. The minimum Gasteiger partial charge on any atom is -0.494 e. The van der Waals surface area contributed by atoms with Gasteiger partial charge in [-0.05, 0) is 61.4 Å². The molecule has 4 aromatic rings. The number of thiophene rings is 1. The molecule has 0 atom stereocenters. The summed E-state index contributed by atoms with van der Waals surface area (Å²) in [4.78, 5) is 30.8. The lowest BCUT2D eigenvalue weighted by molar-refractivity contribution is 0.0739. The molecule has 2 aromatic carbocycles. The van der Waals surface area contributed by atoms with E-state index in [9.17, 15) is 14.0 Å². The zero-order valence-electron chi connectivity index (χ0n) is 16.9. The summed E-state index contributed by atoms with van der Waals surface area (Å²) in [5.74, 6) is 0.136. The van der Waals surface area contributed by atoms with Crippen LogP contribution in [0.4, 0.5) is 4.39 Å². The third kappa shape index (κ3) is 4.34. The molecule has 0 aliphatic carbocycles. The molecule has 0 fully saturated rings. The summed E-state index contributed by atoms with van der Waals surface area (Å²) in [6, 6.07) is 12.8. The van der Waals surface area contributed by atoms with Gasteiger partial charge in [0, 0.05) is 0 Å². The van der Waals surface area contributed by atoms with Gasteiger partial charge in [0.25, 0.3) is 5.56 Å². The van der Waals surface area contributed by atoms with Crippen molar-refractivity contribution in [2.45, 2.75) is 20.4 Å². The number of nitrogens with zero attached hydrogens (tertiary/aromatic N) is 2. The second-order valence-corrected chi connectivity index (χ2v) is 7.84. The summed E-state index contributed by atoms with van der Waals surface area (Å²) in [6.07, 6.45) is 1.41. The van der Waals surface area contributed by atoms with Gasteiger partial charge in [-0.2, -0.15) is 0 Å². The smallest absolute Gasteiger partial charge is 0.354 e. The van der Waals surface area contributed by atoms with E-state index in [4.69, 9.17) is 9.47 Å². The number of aryl methyl sites for hydroxylation is 1. The highest BCUT2D eigenvalue weighted by molar-refractivity contribution is 7.20. The maximum atomic E-state index is 13.5. The third-order valence-electron chi connectivity index (χ3n) is 4.69. The van der Waals surface area contributed by atoms with Crippen LogP contribution in [0.5, 0.6) is 11.5 Å². The molecule has 8 heteroatoms. The summed E-state index contributed by atoms with van der Waals surface area (Å²) in [5.41, 5.74) is 0.872. The molecule has 2 heterocycles. The normalized spacial score (nSPS) is 10.9. The fourth-order valence-corrected chi connectivity index (χ4v) is 4.24. The fraction of sp³-hybridized carbons (Fsp3) is 0.174. The lowest BCUT2D eigenvalue weighted by atomic mass is 10.2. The summed E-state index contributed by atoms with van der Waals surface area (Å²) >= 11 is 1.11. The van der Waals surface area contributed by atoms with Crippen molar-refractivity contribution in [2.75, 3.05) is 6.61 Å². The van der Waals surface area contributed by atoms with Crippen LogP contribution < -0.4 is 15.0 Å². The molecule has 2 aromatic heterocycles. The molecule has 6 nitrogen and oxygen atoms in total. The van der Waals surface area contributed by atoms with Gasteiger partial charge in [0.1, 0.15) is 27.0 Å². The predicted octanol–water partition coefficient (Wildman–Crippen LogP) is 4.57. The van der Waals surface area contributed by atoms with Gasteiger partial charge in [0.05, 0.1) is 24.9 Å². The van der Waals surface area contributed by atoms with E-state index in [0.29, 0.717) is 44.3 Å². The molecule has 4 rings (SSSR count). The molecule has 0 saturated heterocycles. The van der Waals surface area contributed by atoms with Crippen LogP contribution in [0, 0.1) is 12.7 Å². The number of fused-ring (bicyclic) bond motifs is 1. The maximum absolute atomic E-state index is 13.5. The summed E-state index contributed by atoms with van der Waals surface area (Å²) in [5, 5.41) is 0.363. The Morgan fingerprint density at radius 3 is 2.61 bits per heavy atom. The van der Waals surface area contributed by atoms with Gasteiger partial charge in [-0.3, -0.25) is 9.36 Å². The Bertz CT molecular complexity index is 1310. The van der Waals surface area contributed by atoms with Crippen LogP contribution in [0.3, 0.4) is 0 Å². The number of ether oxygens (including phenoxy) is 2. The zero-order chi connectivity index (χ0) is 22.0. The summed E-state index contributed by atoms with van der Waals surface area (Å²) in [6.45, 7) is 4.31. The van der Waals surface area contributed by atoms with Crippen molar-refractivity contribution in [1.82, 2.24) is 9.55 Å². The number of carbonyl (C=O) groups is 1. The molecule has 0 amide bonds. The number of aromatic nitrogens is 2. The number of benzene rings is 2. The Labute approximate surface area is 181 Å². The van der Waals surface area contributed by atoms with E-state index >= 15 is 0 Å². The zero-order valence-corrected chi connectivity index (χ0v) is 17.7. The van der Waals surface area contributed by atoms with E-state index in [-0.39, 0.29) is 17.9 Å². The molecule has 0 aliphatic rings. The topological polar surface area (TPSA) is 70.4 Å². The average Bonchev–Trinajstić information content (AvgIpc) is 3.09. The van der Waals surface area contributed by atoms with Crippen molar-refractivity contribution < 1.29 is 18.7 Å². The van der Waals surface area contributed by atoms with Gasteiger partial charge in [-0.25, -0.2) is 14.2 Å². The van der Waals surface area contributed by atoms with Gasteiger partial charge in [-0.15, -0.1) is 11.3 Å². The van der Waals surface area contributed by atoms with Gasteiger partial charge in [-0.1, -0.05) is 12.1 Å². The lowest BCUT2D eigenvalue weighted by Crippen LogP contribution is -2.21. The second kappa shape index (κ2) is 8.69. The Balaban J connectivity index is 1.62. The van der Waals surface area contributed by atoms with Crippen LogP contribution in [-0.4, -0.2) is 22.1 Å². The lowest BCUT2D eigenvalue weighted by Gasteiger charge is -2.06. The second-order valence-electron chi connectivity index (χ2n) is 6.84. The van der Waals surface area contributed by atoms with Gasteiger partial charge in [0.2, 0.25) is 0 Å². The van der Waals surface area contributed by atoms with Gasteiger partial charge < -0.3 is 9.47 Å². The van der Waals surface area contributed by atoms with E-state index in [1.807, 2.05) is 6.92 Å². The number of carbonyl (C=O) groups excluding carboxylic acids is 1. The molecule has 0 spiro atoms. The van der Waals surface area contributed by atoms with Crippen molar-refractivity contribution in [3.8, 4) is 11.5 Å². The van der Waals surface area contributed by atoms with Crippen molar-refractivity contribution in [3.05, 3.63) is 87.0 Å². The molecule has 0 unspecified atom stereocenters. The molecule has 0 bridgehead atoms. The first-order valence-electron chi connectivity index (χ1n) is 9.64. The molecule has 158 valence electrons. The van der Waals surface area contributed by atoms with Crippen LogP contribution in [0.1, 0.15) is 27.7 Å². The minimum atomic E-state index is -0.555. The SMILES string of the molecule is CCOc1ccc(OC(=O)c2sc3ncn(Cc4cccc(F)c4)c(=O)c3c2C)cc1. The predicted molar refractivity (Wildman–Crippen MR) is 117 cm³/mol. The average molecular weight is 438 g/mol. The molecule has 31 heavy (non-hydrogen) atoms. The van der Waals surface area contributed by atoms with Crippen LogP contribution in [0.15, 0.2) is 59.7 Å². The fourth-order valence-electron chi connectivity index (χ4n) is 3.22. The van der Waals surface area contributed by atoms with Gasteiger partial charge >= 0.3 is 5.97 Å². The van der Waals surface area contributed by atoms with E-state index in [0.717, 1.165) is 11.3 Å². The first kappa shape index (κ1) is 20.7. The van der Waals surface area contributed by atoms with Crippen molar-refractivity contribution >= 4 is 27.5 Å². The van der Waals surface area contributed by atoms with Crippen molar-refractivity contribution in [2.24, 2.45) is 0 Å². The molecule has 0 saturated carbocycles. The quantitative estimate of drug-likeness (QED) is 0.326. The van der Waals surface area contributed by atoms with E-state index in [1.165, 1.54) is 23.0 Å². The van der Waals surface area contributed by atoms with E-state index in [1.54, 1.807) is 43.3 Å². The van der Waals surface area contributed by atoms with E-state index < -0.39 is 5.97 Å². The monoisotopic (exact) mass is 438 g/mol. The standard InChI is InChI=1S/C23H19FN2O4S/c1-3-29-17-7-9-18(10-8-17)30-23(28)20-14(2)19-21(31-20)25-13-26(22(19)27)12-15-5-4-6-16(24)11-15/h4-11,13H,3,12H2,1-2H3. The number of esters is 1. The molecular formula is C23H19FN2O4S. The highest BCUT2D eigenvalue weighted by atomic mass is 32.1. The number of hydrogen-bond acceptors (Lipinski definition) is 6. The van der Waals surface area contributed by atoms with Crippen molar-refractivity contribution in [3.63, 3.8) is 0 Å². The first-order chi connectivity index (χ1) is 15.0. The number of hydrogen-bond donors (Lipinski definition) is 0. The molecule has 0 aliphatic heterocycles. The van der Waals surface area contributed by atoms with Gasteiger partial charge in [0.15, 0.2) is 0 Å². The van der Waals surface area contributed by atoms with Crippen LogP contribution >= 0.6 is 11.3 Å². The minimum absolute atomic E-state index is 0.181. The maximum Gasteiger partial charge on any atom is 0.354 e. The Kier molecular flexibility index (Phi) is 5.81. The van der Waals surface area contributed by atoms with Crippen LogP contribution in [0.2, 0.25) is 0 Å². The van der Waals surface area contributed by atoms with Crippen molar-refractivity contribution in [1.29, 1.82) is 0 Å². The molecule has 0 N–H and O–H groups in total. The summed E-state index contributed by atoms with van der Waals surface area (Å²) in [7, 11) is 0. The Hall–Kier alpha value is -3.52. The number of halogens is 1. The number of rotatable bonds is 6. The first-order valence-corrected chi connectivity index (χ1v) is 10.5. The molecular weight excluding hydrogens is 419 g/mol. The van der Waals surface area contributed by atoms with Crippen LogP contribution in [-0.2, 0) is 6.54 Å². The largest absolute Gasteiger partial charge is 0.494 e. The highest BCUT2D eigenvalue weighted by Crippen LogP contribution is 2.28. The Morgan fingerprint density at radius 2 is 1.90 bits per heavy atom. The van der Waals surface area contributed by atoms with Crippen LogP contribution in [0.25, 0.3) is 10.2 Å². The molecule has 0 radical (unpaired) electrons. The summed E-state index contributed by atoms with van der Waals surface area (Å²) < 4.78 is 25.7. The van der Waals surface area contributed by atoms with E-state index in [2.05, 4.69) is 4.98 Å².